The van der Waals surface area contributed by atoms with Gasteiger partial charge in [-0.3, -0.25) is 0 Å². The summed E-state index contributed by atoms with van der Waals surface area (Å²) in [5, 5.41) is 2.52. The van der Waals surface area contributed by atoms with Crippen molar-refractivity contribution < 1.29 is 4.74 Å². The molecule has 4 aliphatic rings. The Morgan fingerprint density at radius 3 is 1.86 bits per heavy atom. The minimum absolute atomic E-state index is 0.0306. The molecule has 14 rings (SSSR count). The number of nitrogens with zero attached hydrogens (tertiary/aromatic N) is 1. The molecule has 9 aromatic carbocycles. The number of hydrogen-bond acceptors (Lipinski definition) is 4. The predicted molar refractivity (Wildman–Crippen MR) is 312 cm³/mol. The number of rotatable bonds is 5. The maximum Gasteiger partial charge on any atom is 0.132 e. The lowest BCUT2D eigenvalue weighted by molar-refractivity contribution is 0.434. The Labute approximate surface area is 443 Å². The monoisotopic (exact) mass is 991 g/mol. The smallest absolute Gasteiger partial charge is 0.132 e. The van der Waals surface area contributed by atoms with Crippen LogP contribution in [0.3, 0.4) is 0 Å². The Kier molecular flexibility index (Phi) is 10.1. The van der Waals surface area contributed by atoms with Crippen molar-refractivity contribution in [1.82, 2.24) is 0 Å². The van der Waals surface area contributed by atoms with Crippen LogP contribution in [0.15, 0.2) is 233 Å². The van der Waals surface area contributed by atoms with E-state index in [2.05, 4.69) is 259 Å². The van der Waals surface area contributed by atoms with Crippen LogP contribution in [-0.2, 0) is 16.2 Å². The second-order valence-corrected chi connectivity index (χ2v) is 24.9. The maximum atomic E-state index is 7.03. The summed E-state index contributed by atoms with van der Waals surface area (Å²) in [5.74, 6) is 1.73. The van der Waals surface area contributed by atoms with Crippen LogP contribution in [0.4, 0.5) is 17.1 Å². The average molecular weight is 992 g/mol. The molecule has 1 unspecified atom stereocenters. The average Bonchev–Trinajstić information content (AvgIpc) is 3.99. The second kappa shape index (κ2) is 16.6. The normalized spacial score (nSPS) is 17.2. The topological polar surface area (TPSA) is 12.5 Å². The van der Waals surface area contributed by atoms with E-state index in [4.69, 9.17) is 4.74 Å². The molecule has 2 nitrogen and oxygen atoms in total. The van der Waals surface area contributed by atoms with E-state index in [1.807, 2.05) is 23.1 Å². The first-order chi connectivity index (χ1) is 35.9. The molecule has 1 atom stereocenters. The van der Waals surface area contributed by atoms with Crippen LogP contribution in [0, 0.1) is 5.41 Å². The van der Waals surface area contributed by atoms with Gasteiger partial charge in [-0.2, -0.15) is 0 Å². The number of thiophene rings is 1. The zero-order valence-corrected chi connectivity index (χ0v) is 44.4. The minimum Gasteiger partial charge on any atom is -0.457 e. The quantitative estimate of drug-likeness (QED) is 0.170. The zero-order valence-electron chi connectivity index (χ0n) is 42.8. The van der Waals surface area contributed by atoms with E-state index in [0.717, 1.165) is 52.5 Å². The number of allylic oxidation sites excluding steroid dienone is 4. The van der Waals surface area contributed by atoms with E-state index >= 15 is 0 Å². The summed E-state index contributed by atoms with van der Waals surface area (Å²) in [6.45, 7) is 14.3. The van der Waals surface area contributed by atoms with Crippen LogP contribution >= 0.6 is 23.1 Å². The van der Waals surface area contributed by atoms with Gasteiger partial charge in [-0.1, -0.05) is 204 Å². The standard InChI is InChI=1S/C70H57NOS2/c1-67(2,3)46-32-36-50-51-37-33-47(68(4,5)6)41-56(51)70(55(50)40-46)54-26-15-18-30-63(54)74-64-39-35-49(43-58(64)70)71(59-27-19-31-65-66(59)52-24-13-17-29-62(52)73-65)48-34-38-61-57(42-48)69(44-20-9-7-10-21-44,45-22-11-8-12-23-45)53-25-14-16-28-60(53)72-61/h7-32,34-36,38-43H,33,37H2,1-6H3. The highest BCUT2D eigenvalue weighted by Crippen LogP contribution is 2.65. The Morgan fingerprint density at radius 1 is 0.473 bits per heavy atom. The van der Waals surface area contributed by atoms with Crippen molar-refractivity contribution in [2.75, 3.05) is 4.90 Å². The first-order valence-electron chi connectivity index (χ1n) is 26.2. The fraction of sp³-hybridized carbons (Fsp3) is 0.171. The summed E-state index contributed by atoms with van der Waals surface area (Å²) in [6, 6.07) is 77.7. The number of hydrogen-bond donors (Lipinski definition) is 0. The lowest BCUT2D eigenvalue weighted by Gasteiger charge is -2.43. The van der Waals surface area contributed by atoms with Crippen molar-refractivity contribution in [3.63, 3.8) is 0 Å². The van der Waals surface area contributed by atoms with E-state index < -0.39 is 10.8 Å². The Hall–Kier alpha value is -7.37. The van der Waals surface area contributed by atoms with Crippen LogP contribution in [-0.4, -0.2) is 0 Å². The molecule has 2 aliphatic heterocycles. The molecular formula is C70H57NOS2. The summed E-state index contributed by atoms with van der Waals surface area (Å²) in [7, 11) is 0. The van der Waals surface area contributed by atoms with Crippen LogP contribution < -0.4 is 9.64 Å². The van der Waals surface area contributed by atoms with Gasteiger partial charge < -0.3 is 9.64 Å². The Balaban J connectivity index is 1.09. The molecule has 360 valence electrons. The van der Waals surface area contributed by atoms with Crippen LogP contribution in [0.1, 0.15) is 104 Å². The van der Waals surface area contributed by atoms with E-state index in [-0.39, 0.29) is 10.8 Å². The van der Waals surface area contributed by atoms with Crippen molar-refractivity contribution in [3.8, 4) is 11.5 Å². The second-order valence-electron chi connectivity index (χ2n) is 22.7. The van der Waals surface area contributed by atoms with Gasteiger partial charge >= 0.3 is 0 Å². The highest BCUT2D eigenvalue weighted by Gasteiger charge is 2.53. The number of para-hydroxylation sites is 1. The van der Waals surface area contributed by atoms with E-state index in [1.54, 1.807) is 0 Å². The molecule has 0 bridgehead atoms. The third-order valence-corrected chi connectivity index (χ3v) is 18.9. The van der Waals surface area contributed by atoms with Crippen molar-refractivity contribution in [2.45, 2.75) is 80.4 Å². The molecule has 0 amide bonds. The van der Waals surface area contributed by atoms with Crippen molar-refractivity contribution in [3.05, 3.63) is 274 Å². The molecule has 74 heavy (non-hydrogen) atoms. The molecule has 0 fully saturated rings. The molecule has 1 aromatic heterocycles. The Morgan fingerprint density at radius 2 is 1.11 bits per heavy atom. The predicted octanol–water partition coefficient (Wildman–Crippen LogP) is 19.6. The summed E-state index contributed by atoms with van der Waals surface area (Å²) in [5.41, 5.74) is 18.0. The van der Waals surface area contributed by atoms with Gasteiger partial charge in [0.15, 0.2) is 0 Å². The van der Waals surface area contributed by atoms with Crippen molar-refractivity contribution in [2.24, 2.45) is 5.41 Å². The van der Waals surface area contributed by atoms with Crippen molar-refractivity contribution in [1.29, 1.82) is 0 Å². The molecule has 0 radical (unpaired) electrons. The molecule has 4 heteroatoms. The van der Waals surface area contributed by atoms with Crippen molar-refractivity contribution >= 4 is 65.9 Å². The first-order valence-corrected chi connectivity index (χ1v) is 27.8. The van der Waals surface area contributed by atoms with Crippen LogP contribution in [0.5, 0.6) is 11.5 Å². The third kappa shape index (κ3) is 6.57. The fourth-order valence-electron chi connectivity index (χ4n) is 13.1. The van der Waals surface area contributed by atoms with Gasteiger partial charge in [-0.05, 0) is 140 Å². The largest absolute Gasteiger partial charge is 0.457 e. The highest BCUT2D eigenvalue weighted by molar-refractivity contribution is 7.99. The summed E-state index contributed by atoms with van der Waals surface area (Å²) < 4.78 is 9.58. The molecule has 1 spiro atoms. The van der Waals surface area contributed by atoms with Crippen LogP contribution in [0.25, 0.3) is 25.7 Å². The highest BCUT2D eigenvalue weighted by atomic mass is 32.2. The van der Waals surface area contributed by atoms with Gasteiger partial charge in [-0.25, -0.2) is 0 Å². The summed E-state index contributed by atoms with van der Waals surface area (Å²) in [6.07, 6.45) is 4.73. The number of benzene rings is 9. The minimum atomic E-state index is -0.686. The lowest BCUT2D eigenvalue weighted by Crippen LogP contribution is -2.34. The molecule has 10 aromatic rings. The SMILES string of the molecule is CC(C)(C)C1=CC2=C(CC1)c1ccc(C(C)(C)C)cc1C21c2ccccc2Sc2ccc(N(c3ccc4c(c3)C(c3ccccc3)(c3ccccc3)c3ccccc3O4)c3cccc4sc5ccccc5c34)cc21. The van der Waals surface area contributed by atoms with Gasteiger partial charge in [0.25, 0.3) is 0 Å². The molecular weight excluding hydrogens is 935 g/mol. The zero-order chi connectivity index (χ0) is 50.1. The van der Waals surface area contributed by atoms with E-state index in [9.17, 15) is 0 Å². The maximum absolute atomic E-state index is 7.03. The van der Waals surface area contributed by atoms with Crippen LogP contribution in [0.2, 0.25) is 0 Å². The summed E-state index contributed by atoms with van der Waals surface area (Å²) in [4.78, 5) is 5.19. The van der Waals surface area contributed by atoms with Gasteiger partial charge in [0, 0.05) is 52.5 Å². The fourth-order valence-corrected chi connectivity index (χ4v) is 15.4. The van der Waals surface area contributed by atoms with E-state index in [0.29, 0.717) is 0 Å². The molecule has 3 heterocycles. The third-order valence-electron chi connectivity index (χ3n) is 16.6. The number of anilines is 3. The molecule has 2 aliphatic carbocycles. The molecule has 0 N–H and O–H groups in total. The first kappa shape index (κ1) is 45.3. The lowest BCUT2D eigenvalue weighted by atomic mass is 9.63. The molecule has 0 saturated heterocycles. The number of fused-ring (bicyclic) bond motifs is 13. The Bertz CT molecular complexity index is 3950. The summed E-state index contributed by atoms with van der Waals surface area (Å²) >= 11 is 3.79. The molecule has 0 saturated carbocycles. The van der Waals surface area contributed by atoms with E-state index in [1.165, 1.54) is 85.6 Å². The van der Waals surface area contributed by atoms with Gasteiger partial charge in [0.2, 0.25) is 0 Å². The van der Waals surface area contributed by atoms with Gasteiger partial charge in [0.1, 0.15) is 11.5 Å². The van der Waals surface area contributed by atoms with Gasteiger partial charge in [-0.15, -0.1) is 11.3 Å². The van der Waals surface area contributed by atoms with Gasteiger partial charge in [0.05, 0.1) is 16.5 Å². The number of ether oxygens (including phenoxy) is 1.